The largest absolute Gasteiger partial charge is 0.375 e. The van der Waals surface area contributed by atoms with E-state index >= 15 is 0 Å². The first kappa shape index (κ1) is 20.7. The van der Waals surface area contributed by atoms with Gasteiger partial charge in [0.1, 0.15) is 0 Å². The number of amides is 2. The summed E-state index contributed by atoms with van der Waals surface area (Å²) in [5.74, 6) is -1.19. The van der Waals surface area contributed by atoms with Gasteiger partial charge in [0.05, 0.1) is 5.54 Å². The number of likely N-dealkylation sites (N-methyl/N-ethyl adjacent to an activating group) is 2. The van der Waals surface area contributed by atoms with Crippen LogP contribution in [0.5, 0.6) is 0 Å². The van der Waals surface area contributed by atoms with Crippen LogP contribution in [0.1, 0.15) is 29.5 Å². The van der Waals surface area contributed by atoms with Crippen molar-refractivity contribution in [2.75, 3.05) is 14.1 Å². The molecule has 1 aliphatic carbocycles. The Morgan fingerprint density at radius 3 is 2.42 bits per heavy atom. The molecule has 0 bridgehead atoms. The van der Waals surface area contributed by atoms with Crippen LogP contribution in [0, 0.1) is 0 Å². The summed E-state index contributed by atoms with van der Waals surface area (Å²) in [6.45, 7) is 4.65. The summed E-state index contributed by atoms with van der Waals surface area (Å²) in [5.41, 5.74) is 3.87. The molecule has 0 aliphatic heterocycles. The van der Waals surface area contributed by atoms with Gasteiger partial charge >= 0.3 is 11.8 Å². The van der Waals surface area contributed by atoms with Gasteiger partial charge in [-0.25, -0.2) is 0 Å². The Kier molecular flexibility index (Phi) is 5.51. The number of carbonyl (C=O) groups is 2. The Morgan fingerprint density at radius 2 is 1.68 bits per heavy atom. The first-order valence-electron chi connectivity index (χ1n) is 10.5. The predicted molar refractivity (Wildman–Crippen MR) is 124 cm³/mol. The minimum absolute atomic E-state index is 0.130. The highest BCUT2D eigenvalue weighted by molar-refractivity contribution is 6.34. The van der Waals surface area contributed by atoms with Crippen LogP contribution in [0.2, 0.25) is 0 Å². The fourth-order valence-corrected chi connectivity index (χ4v) is 4.15. The molecule has 3 aromatic rings. The molecule has 0 saturated heterocycles. The quantitative estimate of drug-likeness (QED) is 0.605. The third-order valence-corrected chi connectivity index (χ3v) is 5.96. The Hall–Kier alpha value is -3.60. The number of hydrogen-bond acceptors (Lipinski definition) is 3. The first-order chi connectivity index (χ1) is 14.9. The lowest BCUT2D eigenvalue weighted by atomic mass is 9.95. The summed E-state index contributed by atoms with van der Waals surface area (Å²) >= 11 is 0. The van der Waals surface area contributed by atoms with E-state index in [1.165, 1.54) is 28.3 Å². The zero-order valence-electron chi connectivity index (χ0n) is 17.9. The molecule has 5 heteroatoms. The highest BCUT2D eigenvalue weighted by Crippen LogP contribution is 2.49. The van der Waals surface area contributed by atoms with Crippen molar-refractivity contribution in [3.8, 4) is 0 Å². The molecule has 0 radical (unpaired) electrons. The van der Waals surface area contributed by atoms with E-state index in [1.54, 1.807) is 7.05 Å². The van der Waals surface area contributed by atoms with Crippen LogP contribution >= 0.6 is 0 Å². The van der Waals surface area contributed by atoms with E-state index in [0.29, 0.717) is 6.54 Å². The number of nitrogens with zero attached hydrogens (tertiary/aromatic N) is 1. The summed E-state index contributed by atoms with van der Waals surface area (Å²) < 4.78 is 0. The topological polar surface area (TPSA) is 61.4 Å². The molecule has 0 heterocycles. The zero-order valence-corrected chi connectivity index (χ0v) is 17.9. The minimum Gasteiger partial charge on any atom is -0.375 e. The Bertz CT molecular complexity index is 1160. The smallest absolute Gasteiger partial charge is 0.311 e. The molecule has 0 spiro atoms. The Labute approximate surface area is 182 Å². The number of benzene rings is 3. The Balaban J connectivity index is 1.58. The van der Waals surface area contributed by atoms with Crippen molar-refractivity contribution >= 4 is 28.3 Å². The average molecular weight is 414 g/mol. The maximum Gasteiger partial charge on any atom is 0.311 e. The van der Waals surface area contributed by atoms with E-state index in [4.69, 9.17) is 0 Å². The molecule has 0 atom stereocenters. The summed E-state index contributed by atoms with van der Waals surface area (Å²) in [7, 11) is 3.08. The minimum atomic E-state index is -0.621. The molecule has 2 amide bonds. The van der Waals surface area contributed by atoms with Crippen LogP contribution in [-0.2, 0) is 21.7 Å². The van der Waals surface area contributed by atoms with Gasteiger partial charge in [-0.1, -0.05) is 73.3 Å². The predicted octanol–water partition coefficient (Wildman–Crippen LogP) is 3.79. The molecule has 1 aliphatic rings. The SMILES string of the molecule is C=C(NC1(c2cccc3ccccc23)CC1)c1ccccc1CN(C)C(=O)C(=O)NC. The van der Waals surface area contributed by atoms with Crippen LogP contribution in [0.3, 0.4) is 0 Å². The monoisotopic (exact) mass is 413 g/mol. The van der Waals surface area contributed by atoms with Gasteiger partial charge in [-0.2, -0.15) is 0 Å². The van der Waals surface area contributed by atoms with Gasteiger partial charge in [-0.3, -0.25) is 9.59 Å². The van der Waals surface area contributed by atoms with Gasteiger partial charge in [0, 0.05) is 31.9 Å². The molecular weight excluding hydrogens is 386 g/mol. The molecule has 4 rings (SSSR count). The number of rotatable bonds is 6. The van der Waals surface area contributed by atoms with Crippen molar-refractivity contribution in [3.63, 3.8) is 0 Å². The lowest BCUT2D eigenvalue weighted by Crippen LogP contribution is -2.39. The molecule has 0 aromatic heterocycles. The Morgan fingerprint density at radius 1 is 1.00 bits per heavy atom. The second-order valence-corrected chi connectivity index (χ2v) is 8.11. The van der Waals surface area contributed by atoms with Gasteiger partial charge in [-0.15, -0.1) is 0 Å². The third kappa shape index (κ3) is 4.04. The highest BCUT2D eigenvalue weighted by atomic mass is 16.2. The molecule has 2 N–H and O–H groups in total. The van der Waals surface area contributed by atoms with Crippen molar-refractivity contribution in [1.82, 2.24) is 15.5 Å². The molecule has 0 unspecified atom stereocenters. The number of hydrogen-bond donors (Lipinski definition) is 2. The van der Waals surface area contributed by atoms with Crippen molar-refractivity contribution in [2.45, 2.75) is 24.9 Å². The standard InChI is InChI=1S/C26H27N3O2/c1-18(21-12-6-5-10-20(21)17-29(3)25(31)24(30)27-2)28-26(15-16-26)23-14-8-11-19-9-4-7-13-22(19)23/h4-14,28H,1,15-17H2,2-3H3,(H,27,30). The number of fused-ring (bicyclic) bond motifs is 1. The normalized spacial score (nSPS) is 14.0. The number of nitrogens with one attached hydrogen (secondary N) is 2. The van der Waals surface area contributed by atoms with E-state index in [-0.39, 0.29) is 5.54 Å². The van der Waals surface area contributed by atoms with Gasteiger partial charge in [-0.05, 0) is 34.7 Å². The average Bonchev–Trinajstić information content (AvgIpc) is 3.58. The van der Waals surface area contributed by atoms with Gasteiger partial charge in [0.2, 0.25) is 0 Å². The molecule has 158 valence electrons. The first-order valence-corrected chi connectivity index (χ1v) is 10.5. The molecule has 3 aromatic carbocycles. The summed E-state index contributed by atoms with van der Waals surface area (Å²) in [6.07, 6.45) is 2.08. The maximum atomic E-state index is 12.2. The molecule has 1 saturated carbocycles. The number of carbonyl (C=O) groups excluding carboxylic acids is 2. The van der Waals surface area contributed by atoms with Crippen molar-refractivity contribution < 1.29 is 9.59 Å². The van der Waals surface area contributed by atoms with Crippen LogP contribution < -0.4 is 10.6 Å². The summed E-state index contributed by atoms with van der Waals surface area (Å²) in [6, 6.07) is 22.7. The fourth-order valence-electron chi connectivity index (χ4n) is 4.15. The van der Waals surface area contributed by atoms with Gasteiger partial charge < -0.3 is 15.5 Å². The summed E-state index contributed by atoms with van der Waals surface area (Å²) in [4.78, 5) is 25.3. The molecule has 31 heavy (non-hydrogen) atoms. The highest BCUT2D eigenvalue weighted by Gasteiger charge is 2.45. The van der Waals surface area contributed by atoms with E-state index < -0.39 is 11.8 Å². The molecular formula is C26H27N3O2. The van der Waals surface area contributed by atoms with E-state index in [9.17, 15) is 9.59 Å². The van der Waals surface area contributed by atoms with Gasteiger partial charge in [0.15, 0.2) is 0 Å². The summed E-state index contributed by atoms with van der Waals surface area (Å²) in [5, 5.41) is 8.56. The van der Waals surface area contributed by atoms with Crippen LogP contribution in [0.4, 0.5) is 0 Å². The van der Waals surface area contributed by atoms with E-state index in [1.807, 2.05) is 24.3 Å². The van der Waals surface area contributed by atoms with Crippen molar-refractivity contribution in [2.24, 2.45) is 0 Å². The third-order valence-electron chi connectivity index (χ3n) is 5.96. The van der Waals surface area contributed by atoms with Crippen molar-refractivity contribution in [1.29, 1.82) is 0 Å². The van der Waals surface area contributed by atoms with Gasteiger partial charge in [0.25, 0.3) is 0 Å². The van der Waals surface area contributed by atoms with Crippen LogP contribution in [0.15, 0.2) is 73.3 Å². The van der Waals surface area contributed by atoms with Crippen LogP contribution in [0.25, 0.3) is 16.5 Å². The second-order valence-electron chi connectivity index (χ2n) is 8.11. The fraction of sp³-hybridized carbons (Fsp3) is 0.231. The second kappa shape index (κ2) is 8.26. The van der Waals surface area contributed by atoms with E-state index in [0.717, 1.165) is 29.7 Å². The van der Waals surface area contributed by atoms with Crippen molar-refractivity contribution in [3.05, 3.63) is 90.0 Å². The lowest BCUT2D eigenvalue weighted by molar-refractivity contribution is -0.145. The molecule has 1 fully saturated rings. The lowest BCUT2D eigenvalue weighted by Gasteiger charge is -2.25. The maximum absolute atomic E-state index is 12.2. The van der Waals surface area contributed by atoms with Crippen LogP contribution in [-0.4, -0.2) is 30.8 Å². The molecule has 5 nitrogen and oxygen atoms in total. The zero-order chi connectivity index (χ0) is 22.0. The van der Waals surface area contributed by atoms with E-state index in [2.05, 4.69) is 59.7 Å².